The van der Waals surface area contributed by atoms with Crippen molar-refractivity contribution >= 4 is 22.6 Å². The minimum Gasteiger partial charge on any atom is -0.372 e. The van der Waals surface area contributed by atoms with Crippen LogP contribution in [0.2, 0.25) is 5.02 Å². The molecular formula is C22H18ClF4N7O2. The molecule has 2 atom stereocenters. The Bertz CT molecular complexity index is 1540. The van der Waals surface area contributed by atoms with Crippen molar-refractivity contribution in [1.82, 2.24) is 34.5 Å². The lowest BCUT2D eigenvalue weighted by atomic mass is 9.93. The van der Waals surface area contributed by atoms with Gasteiger partial charge >= 0.3 is 6.18 Å². The standard InChI is InChI=1S/C22H18ClF4N7O2/c1-33-20(35)18-17(31-21(33)22(25,26)27)16(12-4-3-11(23)8-13(12)24)29-19(30-18)10-5-6-36-15(7-10)14-9-28-34(2)32-14/h3-4,8-10,15H,5-7H2,1-2H3/t10-,15-/m1/s1. The number of alkyl halides is 3. The summed E-state index contributed by atoms with van der Waals surface area (Å²) < 4.78 is 62.0. The van der Waals surface area contributed by atoms with Gasteiger partial charge in [-0.05, 0) is 31.0 Å². The van der Waals surface area contributed by atoms with Crippen LogP contribution in [0, 0.1) is 5.82 Å². The normalized spacial score (nSPS) is 18.6. The number of hydrogen-bond donors (Lipinski definition) is 0. The zero-order valence-corrected chi connectivity index (χ0v) is 19.7. The van der Waals surface area contributed by atoms with E-state index in [1.54, 1.807) is 13.2 Å². The lowest BCUT2D eigenvalue weighted by Crippen LogP contribution is -2.29. The van der Waals surface area contributed by atoms with Gasteiger partial charge in [-0.2, -0.15) is 28.2 Å². The SMILES string of the molecule is Cn1ncc([C@H]2C[C@H](c3nc(-c4ccc(Cl)cc4F)c4nc(C(F)(F)F)n(C)c(=O)c4n3)CCO2)n1. The summed E-state index contributed by atoms with van der Waals surface area (Å²) in [6, 6.07) is 3.66. The van der Waals surface area contributed by atoms with E-state index in [1.165, 1.54) is 16.9 Å². The van der Waals surface area contributed by atoms with E-state index >= 15 is 0 Å². The van der Waals surface area contributed by atoms with Crippen LogP contribution in [0.4, 0.5) is 17.6 Å². The number of hydrogen-bond acceptors (Lipinski definition) is 7. The minimum atomic E-state index is -4.93. The van der Waals surface area contributed by atoms with E-state index < -0.39 is 35.0 Å². The van der Waals surface area contributed by atoms with Crippen LogP contribution in [-0.2, 0) is 25.0 Å². The van der Waals surface area contributed by atoms with Crippen LogP contribution in [0.5, 0.6) is 0 Å². The van der Waals surface area contributed by atoms with Gasteiger partial charge in [0.05, 0.1) is 6.20 Å². The lowest BCUT2D eigenvalue weighted by molar-refractivity contribution is -0.147. The molecule has 0 unspecified atom stereocenters. The molecule has 0 saturated carbocycles. The van der Waals surface area contributed by atoms with Crippen LogP contribution < -0.4 is 5.56 Å². The summed E-state index contributed by atoms with van der Waals surface area (Å²) in [6.07, 6.45) is -2.94. The maximum Gasteiger partial charge on any atom is 0.449 e. The fourth-order valence-corrected chi connectivity index (χ4v) is 4.37. The van der Waals surface area contributed by atoms with Crippen molar-refractivity contribution in [3.63, 3.8) is 0 Å². The van der Waals surface area contributed by atoms with Gasteiger partial charge in [-0.1, -0.05) is 11.6 Å². The Morgan fingerprint density at radius 1 is 1.14 bits per heavy atom. The first kappa shape index (κ1) is 24.3. The lowest BCUT2D eigenvalue weighted by Gasteiger charge is -2.27. The summed E-state index contributed by atoms with van der Waals surface area (Å²) in [6.45, 7) is 0.321. The van der Waals surface area contributed by atoms with Crippen molar-refractivity contribution < 1.29 is 22.3 Å². The molecule has 1 aliphatic heterocycles. The zero-order valence-electron chi connectivity index (χ0n) is 18.9. The Morgan fingerprint density at radius 2 is 1.92 bits per heavy atom. The summed E-state index contributed by atoms with van der Waals surface area (Å²) >= 11 is 5.87. The molecule has 1 aromatic carbocycles. The zero-order chi connectivity index (χ0) is 25.8. The molecule has 0 amide bonds. The summed E-state index contributed by atoms with van der Waals surface area (Å²) in [5.74, 6) is -2.45. The smallest absolute Gasteiger partial charge is 0.372 e. The van der Waals surface area contributed by atoms with Gasteiger partial charge in [0, 0.05) is 37.2 Å². The highest BCUT2D eigenvalue weighted by Crippen LogP contribution is 2.38. The molecule has 4 heterocycles. The summed E-state index contributed by atoms with van der Waals surface area (Å²) in [7, 11) is 2.63. The minimum absolute atomic E-state index is 0.0888. The summed E-state index contributed by atoms with van der Waals surface area (Å²) in [5.41, 5.74) is -1.60. The van der Waals surface area contributed by atoms with Crippen molar-refractivity contribution in [3.05, 3.63) is 62.9 Å². The fraction of sp³-hybridized carbons (Fsp3) is 0.364. The molecule has 188 valence electrons. The second-order valence-electron chi connectivity index (χ2n) is 8.39. The molecule has 1 aliphatic rings. The summed E-state index contributed by atoms with van der Waals surface area (Å²) in [5, 5.41) is 8.40. The number of benzene rings is 1. The van der Waals surface area contributed by atoms with Crippen LogP contribution >= 0.6 is 11.6 Å². The Kier molecular flexibility index (Phi) is 5.99. The number of aryl methyl sites for hydroxylation is 1. The van der Waals surface area contributed by atoms with E-state index in [0.717, 1.165) is 13.1 Å². The molecule has 0 radical (unpaired) electrons. The number of aromatic nitrogens is 7. The Labute approximate surface area is 205 Å². The average molecular weight is 524 g/mol. The van der Waals surface area contributed by atoms with E-state index in [4.69, 9.17) is 16.3 Å². The number of halogens is 5. The van der Waals surface area contributed by atoms with E-state index in [1.807, 2.05) is 0 Å². The second-order valence-corrected chi connectivity index (χ2v) is 8.83. The topological polar surface area (TPSA) is 101 Å². The Hall–Kier alpha value is -3.45. The van der Waals surface area contributed by atoms with E-state index in [2.05, 4.69) is 25.1 Å². The highest BCUT2D eigenvalue weighted by Gasteiger charge is 2.38. The molecule has 14 heteroatoms. The molecule has 0 spiro atoms. The largest absolute Gasteiger partial charge is 0.449 e. The second kappa shape index (κ2) is 8.89. The van der Waals surface area contributed by atoms with Crippen molar-refractivity contribution in [2.24, 2.45) is 14.1 Å². The molecule has 4 aromatic rings. The average Bonchev–Trinajstić information content (AvgIpc) is 3.26. The quantitative estimate of drug-likeness (QED) is 0.375. The summed E-state index contributed by atoms with van der Waals surface area (Å²) in [4.78, 5) is 26.8. The molecule has 3 aromatic heterocycles. The van der Waals surface area contributed by atoms with Crippen LogP contribution in [-0.4, -0.2) is 41.1 Å². The molecule has 1 saturated heterocycles. The van der Waals surface area contributed by atoms with Crippen LogP contribution in [0.15, 0.2) is 29.2 Å². The molecular weight excluding hydrogens is 506 g/mol. The van der Waals surface area contributed by atoms with Gasteiger partial charge in [0.2, 0.25) is 5.82 Å². The van der Waals surface area contributed by atoms with E-state index in [-0.39, 0.29) is 33.5 Å². The van der Waals surface area contributed by atoms with Gasteiger partial charge in [0.15, 0.2) is 5.52 Å². The van der Waals surface area contributed by atoms with Crippen molar-refractivity contribution in [1.29, 1.82) is 0 Å². The fourth-order valence-electron chi connectivity index (χ4n) is 4.22. The maximum absolute atomic E-state index is 14.9. The third kappa shape index (κ3) is 4.32. The van der Waals surface area contributed by atoms with E-state index in [0.29, 0.717) is 29.7 Å². The van der Waals surface area contributed by atoms with Crippen molar-refractivity contribution in [2.75, 3.05) is 6.61 Å². The monoisotopic (exact) mass is 523 g/mol. The van der Waals surface area contributed by atoms with Gasteiger partial charge in [-0.3, -0.25) is 9.36 Å². The molecule has 9 nitrogen and oxygen atoms in total. The molecule has 0 bridgehead atoms. The van der Waals surface area contributed by atoms with Gasteiger partial charge in [0.1, 0.15) is 34.7 Å². The van der Waals surface area contributed by atoms with Gasteiger partial charge in [-0.25, -0.2) is 19.3 Å². The van der Waals surface area contributed by atoms with Crippen LogP contribution in [0.25, 0.3) is 22.3 Å². The van der Waals surface area contributed by atoms with Gasteiger partial charge in [-0.15, -0.1) is 0 Å². The third-order valence-electron chi connectivity index (χ3n) is 5.98. The first-order chi connectivity index (χ1) is 17.0. The molecule has 1 fully saturated rings. The van der Waals surface area contributed by atoms with E-state index in [9.17, 15) is 22.4 Å². The first-order valence-electron chi connectivity index (χ1n) is 10.8. The number of nitrogens with zero attached hydrogens (tertiary/aromatic N) is 7. The first-order valence-corrected chi connectivity index (χ1v) is 11.2. The van der Waals surface area contributed by atoms with Gasteiger partial charge < -0.3 is 4.74 Å². The predicted molar refractivity (Wildman–Crippen MR) is 120 cm³/mol. The number of rotatable bonds is 3. The van der Waals surface area contributed by atoms with Crippen LogP contribution in [0.1, 0.15) is 42.2 Å². The number of ether oxygens (including phenoxy) is 1. The van der Waals surface area contributed by atoms with Crippen molar-refractivity contribution in [3.8, 4) is 11.3 Å². The Morgan fingerprint density at radius 3 is 2.58 bits per heavy atom. The highest BCUT2D eigenvalue weighted by molar-refractivity contribution is 6.30. The maximum atomic E-state index is 14.9. The van der Waals surface area contributed by atoms with Crippen LogP contribution in [0.3, 0.4) is 0 Å². The molecule has 0 aliphatic carbocycles. The van der Waals surface area contributed by atoms with Gasteiger partial charge in [0.25, 0.3) is 5.56 Å². The molecule has 36 heavy (non-hydrogen) atoms. The third-order valence-corrected chi connectivity index (χ3v) is 6.22. The highest BCUT2D eigenvalue weighted by atomic mass is 35.5. The van der Waals surface area contributed by atoms with Crippen molar-refractivity contribution in [2.45, 2.75) is 31.0 Å². The molecule has 5 rings (SSSR count). The predicted octanol–water partition coefficient (Wildman–Crippen LogP) is 3.97. The molecule has 0 N–H and O–H groups in total. The Balaban J connectivity index is 1.71. The number of fused-ring (bicyclic) bond motifs is 1.